The van der Waals surface area contributed by atoms with Crippen LogP contribution in [0, 0.1) is 0 Å². The van der Waals surface area contributed by atoms with Crippen LogP contribution in [0.5, 0.6) is 5.75 Å². The molecule has 0 N–H and O–H groups in total. The van der Waals surface area contributed by atoms with Crippen molar-refractivity contribution in [3.63, 3.8) is 0 Å². The van der Waals surface area contributed by atoms with Crippen molar-refractivity contribution >= 4 is 10.8 Å². The third kappa shape index (κ3) is 3.13. The number of hydrogen-bond acceptors (Lipinski definition) is 2. The van der Waals surface area contributed by atoms with Crippen LogP contribution >= 0.6 is 0 Å². The highest BCUT2D eigenvalue weighted by Gasteiger charge is 2.11. The highest BCUT2D eigenvalue weighted by Crippen LogP contribution is 2.33. The minimum Gasteiger partial charge on any atom is -0.465 e. The van der Waals surface area contributed by atoms with Gasteiger partial charge in [-0.25, -0.2) is 0 Å². The van der Waals surface area contributed by atoms with E-state index in [-0.39, 0.29) is 6.29 Å². The lowest BCUT2D eigenvalue weighted by atomic mass is 9.93. The fraction of sp³-hybridized carbons (Fsp3) is 0.444. The summed E-state index contributed by atoms with van der Waals surface area (Å²) in [6, 6.07) is 12.7. The van der Waals surface area contributed by atoms with Gasteiger partial charge in [-0.1, -0.05) is 44.2 Å². The average molecular weight is 272 g/mol. The van der Waals surface area contributed by atoms with Crippen molar-refractivity contribution in [2.24, 2.45) is 0 Å². The second kappa shape index (κ2) is 6.76. The molecular weight excluding hydrogens is 248 g/mol. The Bertz CT molecular complexity index is 562. The van der Waals surface area contributed by atoms with Crippen molar-refractivity contribution in [1.82, 2.24) is 0 Å². The third-order valence-electron chi connectivity index (χ3n) is 3.75. The molecule has 2 heteroatoms. The number of benzene rings is 2. The molecule has 108 valence electrons. The van der Waals surface area contributed by atoms with Crippen molar-refractivity contribution in [3.05, 3.63) is 42.0 Å². The van der Waals surface area contributed by atoms with E-state index in [1.165, 1.54) is 10.9 Å². The van der Waals surface area contributed by atoms with Gasteiger partial charge in [-0.05, 0) is 43.2 Å². The van der Waals surface area contributed by atoms with E-state index >= 15 is 0 Å². The molecule has 0 aliphatic rings. The topological polar surface area (TPSA) is 18.5 Å². The molecule has 0 saturated carbocycles. The minimum absolute atomic E-state index is 0.224. The van der Waals surface area contributed by atoms with Gasteiger partial charge in [0, 0.05) is 12.0 Å². The summed E-state index contributed by atoms with van der Waals surface area (Å²) in [6.45, 7) is 9.06. The molecule has 0 amide bonds. The second-order valence-electron chi connectivity index (χ2n) is 5.15. The summed E-state index contributed by atoms with van der Waals surface area (Å²) in [6.07, 6.45) is 0.914. The maximum Gasteiger partial charge on any atom is 0.196 e. The predicted molar refractivity (Wildman–Crippen MR) is 84.4 cm³/mol. The van der Waals surface area contributed by atoms with Gasteiger partial charge in [-0.2, -0.15) is 0 Å². The molecular formula is C18H24O2. The van der Waals surface area contributed by atoms with Crippen LogP contribution in [0.25, 0.3) is 10.8 Å². The fourth-order valence-electron chi connectivity index (χ4n) is 2.51. The summed E-state index contributed by atoms with van der Waals surface area (Å²) in [7, 11) is 0. The normalized spacial score (nSPS) is 14.2. The lowest BCUT2D eigenvalue weighted by Crippen LogP contribution is -2.16. The van der Waals surface area contributed by atoms with E-state index in [1.807, 2.05) is 19.9 Å². The van der Waals surface area contributed by atoms with Gasteiger partial charge in [0.1, 0.15) is 5.75 Å². The van der Waals surface area contributed by atoms with Crippen molar-refractivity contribution in [2.45, 2.75) is 46.3 Å². The molecule has 0 spiro atoms. The molecule has 2 nitrogen and oxygen atoms in total. The van der Waals surface area contributed by atoms with Crippen LogP contribution in [0.3, 0.4) is 0 Å². The molecule has 0 fully saturated rings. The first-order valence-electron chi connectivity index (χ1n) is 7.47. The zero-order valence-corrected chi connectivity index (χ0v) is 12.8. The summed E-state index contributed by atoms with van der Waals surface area (Å²) in [4.78, 5) is 0. The van der Waals surface area contributed by atoms with E-state index < -0.39 is 0 Å². The summed E-state index contributed by atoms with van der Waals surface area (Å²) < 4.78 is 11.4. The molecule has 0 aliphatic heterocycles. The van der Waals surface area contributed by atoms with Crippen LogP contribution in [0.4, 0.5) is 0 Å². The molecule has 2 atom stereocenters. The van der Waals surface area contributed by atoms with Crippen molar-refractivity contribution in [3.8, 4) is 5.75 Å². The molecule has 0 aliphatic carbocycles. The van der Waals surface area contributed by atoms with Crippen molar-refractivity contribution < 1.29 is 9.47 Å². The Labute approximate surface area is 121 Å². The van der Waals surface area contributed by atoms with Gasteiger partial charge < -0.3 is 9.47 Å². The van der Waals surface area contributed by atoms with E-state index in [0.29, 0.717) is 12.5 Å². The van der Waals surface area contributed by atoms with E-state index in [9.17, 15) is 0 Å². The van der Waals surface area contributed by atoms with E-state index in [2.05, 4.69) is 44.2 Å². The smallest absolute Gasteiger partial charge is 0.196 e. The van der Waals surface area contributed by atoms with Crippen molar-refractivity contribution in [1.29, 1.82) is 0 Å². The van der Waals surface area contributed by atoms with Crippen LogP contribution in [-0.2, 0) is 4.74 Å². The zero-order chi connectivity index (χ0) is 14.5. The molecule has 0 radical (unpaired) electrons. The molecule has 0 bridgehead atoms. The summed E-state index contributed by atoms with van der Waals surface area (Å²) in [5.74, 6) is 1.45. The Morgan fingerprint density at radius 3 is 2.35 bits per heavy atom. The molecule has 2 unspecified atom stereocenters. The molecule has 0 aromatic heterocycles. The Hall–Kier alpha value is -1.54. The molecule has 2 aromatic rings. The Balaban J connectivity index is 2.42. The largest absolute Gasteiger partial charge is 0.465 e. The average Bonchev–Trinajstić information content (AvgIpc) is 2.46. The molecule has 20 heavy (non-hydrogen) atoms. The van der Waals surface area contributed by atoms with Crippen LogP contribution < -0.4 is 4.74 Å². The maximum atomic E-state index is 5.91. The minimum atomic E-state index is -0.224. The lowest BCUT2D eigenvalue weighted by molar-refractivity contribution is -0.0605. The van der Waals surface area contributed by atoms with Gasteiger partial charge in [-0.15, -0.1) is 0 Å². The standard InChI is InChI=1S/C18H24O2/c1-5-13(3)15-9-7-11-17-16(15)10-8-12-18(17)20-14(4)19-6-2/h7-14H,5-6H2,1-4H3. The SMILES string of the molecule is CCOC(C)Oc1cccc2c(C(C)CC)cccc12. The number of rotatable bonds is 6. The quantitative estimate of drug-likeness (QED) is 0.680. The van der Waals surface area contributed by atoms with Gasteiger partial charge in [-0.3, -0.25) is 0 Å². The van der Waals surface area contributed by atoms with E-state index in [1.54, 1.807) is 0 Å². The number of ether oxygens (including phenoxy) is 2. The van der Waals surface area contributed by atoms with E-state index in [0.717, 1.165) is 17.6 Å². The Kier molecular flexibility index (Phi) is 5.02. The third-order valence-corrected chi connectivity index (χ3v) is 3.75. The highest BCUT2D eigenvalue weighted by atomic mass is 16.7. The summed E-state index contributed by atoms with van der Waals surface area (Å²) in [5.41, 5.74) is 1.39. The van der Waals surface area contributed by atoms with E-state index in [4.69, 9.17) is 9.47 Å². The van der Waals surface area contributed by atoms with Crippen molar-refractivity contribution in [2.75, 3.05) is 6.61 Å². The van der Waals surface area contributed by atoms with Gasteiger partial charge in [0.05, 0.1) is 0 Å². The van der Waals surface area contributed by atoms with Gasteiger partial charge in [0.15, 0.2) is 6.29 Å². The number of fused-ring (bicyclic) bond motifs is 1. The predicted octanol–water partition coefficient (Wildman–Crippen LogP) is 5.11. The Morgan fingerprint density at radius 1 is 0.950 bits per heavy atom. The van der Waals surface area contributed by atoms with Crippen LogP contribution in [0.2, 0.25) is 0 Å². The van der Waals surface area contributed by atoms with Crippen LogP contribution in [0.15, 0.2) is 36.4 Å². The molecule has 0 heterocycles. The summed E-state index contributed by atoms with van der Waals surface area (Å²) in [5, 5.41) is 2.44. The van der Waals surface area contributed by atoms with Gasteiger partial charge in [0.25, 0.3) is 0 Å². The van der Waals surface area contributed by atoms with Gasteiger partial charge >= 0.3 is 0 Å². The Morgan fingerprint density at radius 2 is 1.65 bits per heavy atom. The fourth-order valence-corrected chi connectivity index (χ4v) is 2.51. The van der Waals surface area contributed by atoms with Gasteiger partial charge in [0.2, 0.25) is 0 Å². The second-order valence-corrected chi connectivity index (χ2v) is 5.15. The monoisotopic (exact) mass is 272 g/mol. The molecule has 2 rings (SSSR count). The molecule has 2 aromatic carbocycles. The zero-order valence-electron chi connectivity index (χ0n) is 12.8. The molecule has 0 saturated heterocycles. The first-order chi connectivity index (χ1) is 9.67. The highest BCUT2D eigenvalue weighted by molar-refractivity contribution is 5.91. The maximum absolute atomic E-state index is 5.91. The lowest BCUT2D eigenvalue weighted by Gasteiger charge is -2.18. The van der Waals surface area contributed by atoms with Crippen LogP contribution in [0.1, 0.15) is 45.6 Å². The number of hydrogen-bond donors (Lipinski definition) is 0. The first kappa shape index (κ1) is 14.9. The first-order valence-corrected chi connectivity index (χ1v) is 7.47. The van der Waals surface area contributed by atoms with Crippen LogP contribution in [-0.4, -0.2) is 12.9 Å². The summed E-state index contributed by atoms with van der Waals surface area (Å²) >= 11 is 0.